The molecule has 0 aromatic rings. The van der Waals surface area contributed by atoms with Crippen LogP contribution in [0.2, 0.25) is 6.32 Å². The highest BCUT2D eigenvalue weighted by Gasteiger charge is 2.50. The largest absolute Gasteiger partial charge is 0.476 e. The third kappa shape index (κ3) is 3.24. The number of hydrogen-bond acceptors (Lipinski definition) is 4. The molecule has 0 aromatic heterocycles. The van der Waals surface area contributed by atoms with Crippen molar-refractivity contribution in [2.24, 2.45) is 0 Å². The average Bonchev–Trinajstić information content (AvgIpc) is 2.35. The molecule has 1 rings (SSSR count). The molecule has 4 nitrogen and oxygen atoms in total. The molecule has 0 amide bonds. The molecule has 1 saturated heterocycles. The number of methoxy groups -OCH3 is 1. The first-order valence-corrected chi connectivity index (χ1v) is 5.50. The average molecular weight is 228 g/mol. The lowest BCUT2D eigenvalue weighted by Gasteiger charge is -2.32. The van der Waals surface area contributed by atoms with Gasteiger partial charge in [0.25, 0.3) is 0 Å². The molecule has 1 aliphatic heterocycles. The quantitative estimate of drug-likeness (QED) is 0.313. The van der Waals surface area contributed by atoms with Gasteiger partial charge in [0, 0.05) is 13.4 Å². The van der Waals surface area contributed by atoms with Gasteiger partial charge in [0.2, 0.25) is 0 Å². The van der Waals surface area contributed by atoms with Crippen LogP contribution >= 0.6 is 0 Å². The summed E-state index contributed by atoms with van der Waals surface area (Å²) in [5, 5.41) is 0. The van der Waals surface area contributed by atoms with Crippen LogP contribution in [0.3, 0.4) is 0 Å². The van der Waals surface area contributed by atoms with Crippen molar-refractivity contribution in [2.45, 2.75) is 45.2 Å². The van der Waals surface area contributed by atoms with Crippen LogP contribution < -0.4 is 0 Å². The Hall–Kier alpha value is -0.515. The lowest BCUT2D eigenvalue weighted by atomic mass is 9.85. The summed E-state index contributed by atoms with van der Waals surface area (Å²) in [4.78, 5) is 0. The molecule has 0 N–H and O–H groups in total. The molecule has 0 spiro atoms. The molecule has 1 fully saturated rings. The number of allylic oxidation sites excluding steroid dienone is 1. The molecule has 0 atom stereocenters. The van der Waals surface area contributed by atoms with E-state index in [2.05, 4.69) is 0 Å². The molecular weight excluding hydrogens is 207 g/mol. The minimum Gasteiger partial charge on any atom is -0.476 e. The summed E-state index contributed by atoms with van der Waals surface area (Å²) in [5.41, 5.74) is -0.530. The molecule has 0 unspecified atom stereocenters. The standard InChI is InChI=1S/C11H21BO4/c1-10(2)11(3,4)16-12(15-10)7-6-8-14-9-13-5/h6,8H,7,9H2,1-5H3/b8-6+. The third-order valence-electron chi connectivity index (χ3n) is 3.01. The first kappa shape index (κ1) is 13.5. The second-order valence-corrected chi connectivity index (χ2v) is 4.87. The number of hydrogen-bond donors (Lipinski definition) is 0. The van der Waals surface area contributed by atoms with Crippen molar-refractivity contribution >= 4 is 7.12 Å². The molecule has 0 radical (unpaired) electrons. The first-order chi connectivity index (χ1) is 7.39. The van der Waals surface area contributed by atoms with Crippen LogP contribution in [-0.2, 0) is 18.8 Å². The topological polar surface area (TPSA) is 36.9 Å². The van der Waals surface area contributed by atoms with Crippen molar-refractivity contribution in [1.82, 2.24) is 0 Å². The van der Waals surface area contributed by atoms with Gasteiger partial charge in [-0.05, 0) is 27.7 Å². The van der Waals surface area contributed by atoms with Gasteiger partial charge in [-0.1, -0.05) is 6.08 Å². The van der Waals surface area contributed by atoms with Crippen LogP contribution in [0.5, 0.6) is 0 Å². The van der Waals surface area contributed by atoms with E-state index in [0.29, 0.717) is 6.32 Å². The maximum Gasteiger partial charge on any atom is 0.461 e. The zero-order valence-electron chi connectivity index (χ0n) is 10.8. The van der Waals surface area contributed by atoms with E-state index in [1.807, 2.05) is 33.8 Å². The zero-order valence-corrected chi connectivity index (χ0v) is 10.8. The summed E-state index contributed by atoms with van der Waals surface area (Å²) >= 11 is 0. The molecule has 1 heterocycles. The molecule has 0 aromatic carbocycles. The van der Waals surface area contributed by atoms with Crippen LogP contribution in [0.1, 0.15) is 27.7 Å². The molecular formula is C11H21BO4. The van der Waals surface area contributed by atoms with Crippen molar-refractivity contribution in [3.8, 4) is 0 Å². The Morgan fingerprint density at radius 2 is 1.69 bits per heavy atom. The lowest BCUT2D eigenvalue weighted by Crippen LogP contribution is -2.41. The van der Waals surface area contributed by atoms with E-state index in [-0.39, 0.29) is 25.1 Å². The van der Waals surface area contributed by atoms with Crippen LogP contribution in [0.15, 0.2) is 12.3 Å². The van der Waals surface area contributed by atoms with Gasteiger partial charge in [-0.15, -0.1) is 0 Å². The minimum atomic E-state index is -0.265. The summed E-state index contributed by atoms with van der Waals surface area (Å²) in [5.74, 6) is 0. The van der Waals surface area contributed by atoms with Gasteiger partial charge in [-0.25, -0.2) is 0 Å². The Morgan fingerprint density at radius 1 is 1.12 bits per heavy atom. The predicted octanol–water partition coefficient (Wildman–Crippen LogP) is 2.21. The number of rotatable bonds is 5. The lowest BCUT2D eigenvalue weighted by molar-refractivity contribution is 0.00578. The fraction of sp³-hybridized carbons (Fsp3) is 0.818. The monoisotopic (exact) mass is 228 g/mol. The second kappa shape index (κ2) is 5.21. The highest BCUT2D eigenvalue weighted by Crippen LogP contribution is 2.37. The van der Waals surface area contributed by atoms with Crippen molar-refractivity contribution in [2.75, 3.05) is 13.9 Å². The molecule has 0 saturated carbocycles. The van der Waals surface area contributed by atoms with E-state index in [1.54, 1.807) is 13.4 Å². The molecule has 0 aliphatic carbocycles. The Balaban J connectivity index is 2.34. The second-order valence-electron chi connectivity index (χ2n) is 4.87. The molecule has 16 heavy (non-hydrogen) atoms. The van der Waals surface area contributed by atoms with E-state index >= 15 is 0 Å². The summed E-state index contributed by atoms with van der Waals surface area (Å²) in [6.07, 6.45) is 4.16. The fourth-order valence-corrected chi connectivity index (χ4v) is 1.40. The fourth-order valence-electron chi connectivity index (χ4n) is 1.40. The first-order valence-electron chi connectivity index (χ1n) is 5.50. The predicted molar refractivity (Wildman–Crippen MR) is 63.0 cm³/mol. The Kier molecular flexibility index (Phi) is 4.41. The summed E-state index contributed by atoms with van der Waals surface area (Å²) in [6.45, 7) is 8.42. The van der Waals surface area contributed by atoms with Crippen molar-refractivity contribution < 1.29 is 18.8 Å². The van der Waals surface area contributed by atoms with E-state index in [0.717, 1.165) is 0 Å². The highest BCUT2D eigenvalue weighted by molar-refractivity contribution is 6.46. The van der Waals surface area contributed by atoms with Crippen LogP contribution in [0, 0.1) is 0 Å². The van der Waals surface area contributed by atoms with E-state index in [4.69, 9.17) is 18.8 Å². The smallest absolute Gasteiger partial charge is 0.461 e. The third-order valence-corrected chi connectivity index (χ3v) is 3.01. The molecule has 92 valence electrons. The molecule has 1 aliphatic rings. The van der Waals surface area contributed by atoms with E-state index in [9.17, 15) is 0 Å². The van der Waals surface area contributed by atoms with E-state index in [1.165, 1.54) is 0 Å². The van der Waals surface area contributed by atoms with Gasteiger partial charge in [-0.2, -0.15) is 0 Å². The summed E-state index contributed by atoms with van der Waals surface area (Å²) < 4.78 is 21.4. The van der Waals surface area contributed by atoms with E-state index < -0.39 is 0 Å². The number of ether oxygens (including phenoxy) is 2. The maximum absolute atomic E-state index is 5.81. The maximum atomic E-state index is 5.81. The zero-order chi connectivity index (χ0) is 12.2. The van der Waals surface area contributed by atoms with Crippen LogP contribution in [0.25, 0.3) is 0 Å². The SMILES string of the molecule is COCO/C=C/CB1OC(C)(C)C(C)(C)O1. The minimum absolute atomic E-state index is 0.201. The van der Waals surface area contributed by atoms with Gasteiger partial charge < -0.3 is 18.8 Å². The van der Waals surface area contributed by atoms with Crippen molar-refractivity contribution in [3.63, 3.8) is 0 Å². The van der Waals surface area contributed by atoms with Gasteiger partial charge in [0.1, 0.15) is 0 Å². The van der Waals surface area contributed by atoms with Gasteiger partial charge in [0.05, 0.1) is 17.5 Å². The van der Waals surface area contributed by atoms with Crippen molar-refractivity contribution in [3.05, 3.63) is 12.3 Å². The summed E-state index contributed by atoms with van der Waals surface area (Å²) in [7, 11) is 1.38. The van der Waals surface area contributed by atoms with Crippen LogP contribution in [0.4, 0.5) is 0 Å². The van der Waals surface area contributed by atoms with Gasteiger partial charge >= 0.3 is 7.12 Å². The Bertz CT molecular complexity index is 234. The van der Waals surface area contributed by atoms with Gasteiger partial charge in [0.15, 0.2) is 6.79 Å². The van der Waals surface area contributed by atoms with Crippen molar-refractivity contribution in [1.29, 1.82) is 0 Å². The Labute approximate surface area is 98.0 Å². The molecule has 5 heteroatoms. The summed E-state index contributed by atoms with van der Waals surface area (Å²) in [6, 6.07) is 0. The highest BCUT2D eigenvalue weighted by atomic mass is 16.7. The van der Waals surface area contributed by atoms with Crippen LogP contribution in [-0.4, -0.2) is 32.2 Å². The Morgan fingerprint density at radius 3 is 2.19 bits per heavy atom. The van der Waals surface area contributed by atoms with Gasteiger partial charge in [-0.3, -0.25) is 0 Å². The molecule has 0 bridgehead atoms. The normalized spacial score (nSPS) is 22.9.